The minimum atomic E-state index is 0.636. The zero-order chi connectivity index (χ0) is 13.9. The largest absolute Gasteiger partial charge is 0.361 e. The molecule has 0 spiro atoms. The van der Waals surface area contributed by atoms with Crippen molar-refractivity contribution in [2.24, 2.45) is 5.92 Å². The molecule has 2 aromatic rings. The number of hydrogen-bond donors (Lipinski definition) is 1. The average molecular weight is 266 g/mol. The fourth-order valence-corrected chi connectivity index (χ4v) is 4.30. The van der Waals surface area contributed by atoms with Crippen LogP contribution >= 0.6 is 0 Å². The van der Waals surface area contributed by atoms with Crippen LogP contribution in [0.4, 0.5) is 0 Å². The molecule has 1 saturated heterocycles. The first-order valence-corrected chi connectivity index (χ1v) is 7.59. The quantitative estimate of drug-likeness (QED) is 0.780. The number of likely N-dealkylation sites (N-methyl/N-ethyl adjacent to an activating group) is 1. The molecule has 2 heteroatoms. The molecule has 2 aliphatic rings. The maximum absolute atomic E-state index is 4.20. The highest BCUT2D eigenvalue weighted by atomic mass is 15.1. The van der Waals surface area contributed by atoms with Crippen LogP contribution in [0.1, 0.15) is 30.4 Å². The monoisotopic (exact) mass is 266 g/mol. The molecule has 104 valence electrons. The molecule has 2 nitrogen and oxygen atoms in total. The highest BCUT2D eigenvalue weighted by Gasteiger charge is 2.39. The summed E-state index contributed by atoms with van der Waals surface area (Å²) in [4.78, 5) is 6.00. The van der Waals surface area contributed by atoms with Crippen LogP contribution in [0.5, 0.6) is 0 Å². The molecular weight excluding hydrogens is 244 g/mol. The van der Waals surface area contributed by atoms with Crippen LogP contribution in [0.15, 0.2) is 36.5 Å². The fraction of sp³-hybridized carbons (Fsp3) is 0.444. The molecule has 4 rings (SSSR count). The molecule has 2 heterocycles. The molecular formula is C18H22N2. The predicted octanol–water partition coefficient (Wildman–Crippen LogP) is 3.70. The topological polar surface area (TPSA) is 19.0 Å². The third-order valence-electron chi connectivity index (χ3n) is 5.42. The van der Waals surface area contributed by atoms with Gasteiger partial charge < -0.3 is 9.88 Å². The highest BCUT2D eigenvalue weighted by Crippen LogP contribution is 2.45. The summed E-state index contributed by atoms with van der Waals surface area (Å²) >= 11 is 0. The Labute approximate surface area is 120 Å². The highest BCUT2D eigenvalue weighted by molar-refractivity contribution is 5.88. The molecule has 0 saturated carbocycles. The third kappa shape index (κ3) is 1.61. The Balaban J connectivity index is 1.85. The molecule has 1 N–H and O–H groups in total. The molecule has 2 unspecified atom stereocenters. The Bertz CT molecular complexity index is 682. The van der Waals surface area contributed by atoms with Crippen LogP contribution in [0.3, 0.4) is 0 Å². The normalized spacial score (nSPS) is 29.4. The van der Waals surface area contributed by atoms with Gasteiger partial charge in [0.25, 0.3) is 0 Å². The molecule has 3 atom stereocenters. The second kappa shape index (κ2) is 4.23. The summed E-state index contributed by atoms with van der Waals surface area (Å²) in [5.41, 5.74) is 5.68. The lowest BCUT2D eigenvalue weighted by atomic mass is 9.71. The second-order valence-corrected chi connectivity index (χ2v) is 6.68. The number of nitrogens with one attached hydrogen (secondary N) is 1. The van der Waals surface area contributed by atoms with E-state index in [0.29, 0.717) is 17.9 Å². The van der Waals surface area contributed by atoms with E-state index in [4.69, 9.17) is 0 Å². The maximum atomic E-state index is 4.20. The van der Waals surface area contributed by atoms with Crippen molar-refractivity contribution >= 4 is 10.9 Å². The number of benzene rings is 1. The number of hydrogen-bond acceptors (Lipinski definition) is 1. The van der Waals surface area contributed by atoms with Crippen molar-refractivity contribution in [3.63, 3.8) is 0 Å². The van der Waals surface area contributed by atoms with Gasteiger partial charge in [-0.2, -0.15) is 0 Å². The van der Waals surface area contributed by atoms with Crippen molar-refractivity contribution < 1.29 is 0 Å². The van der Waals surface area contributed by atoms with Crippen molar-refractivity contribution in [3.05, 3.63) is 47.7 Å². The van der Waals surface area contributed by atoms with Gasteiger partial charge in [0.2, 0.25) is 0 Å². The number of aromatic amines is 1. The van der Waals surface area contributed by atoms with Gasteiger partial charge in [0.15, 0.2) is 0 Å². The molecule has 1 aromatic carbocycles. The minimum Gasteiger partial charge on any atom is -0.361 e. The average Bonchev–Trinajstić information content (AvgIpc) is 2.84. The summed E-state index contributed by atoms with van der Waals surface area (Å²) in [6.45, 7) is 7.54. The van der Waals surface area contributed by atoms with E-state index in [0.717, 1.165) is 6.54 Å². The Morgan fingerprint density at radius 3 is 3.05 bits per heavy atom. The number of H-pyrrole nitrogens is 1. The Kier molecular flexibility index (Phi) is 2.58. The number of fused-ring (bicyclic) bond motifs is 2. The molecule has 0 bridgehead atoms. The summed E-state index contributed by atoms with van der Waals surface area (Å²) in [7, 11) is 2.28. The van der Waals surface area contributed by atoms with E-state index >= 15 is 0 Å². The molecule has 1 aliphatic carbocycles. The Hall–Kier alpha value is -1.54. The first-order chi connectivity index (χ1) is 9.65. The van der Waals surface area contributed by atoms with Gasteiger partial charge in [0, 0.05) is 35.6 Å². The van der Waals surface area contributed by atoms with Crippen LogP contribution in [0, 0.1) is 5.92 Å². The minimum absolute atomic E-state index is 0.636. The van der Waals surface area contributed by atoms with Gasteiger partial charge >= 0.3 is 0 Å². The lowest BCUT2D eigenvalue weighted by Gasteiger charge is -2.45. The van der Waals surface area contributed by atoms with Crippen LogP contribution < -0.4 is 0 Å². The number of likely N-dealkylation sites (tertiary alicyclic amines) is 1. The zero-order valence-corrected chi connectivity index (χ0v) is 12.3. The molecule has 1 aliphatic heterocycles. The van der Waals surface area contributed by atoms with Crippen molar-refractivity contribution in [3.8, 4) is 0 Å². The first kappa shape index (κ1) is 12.2. The Morgan fingerprint density at radius 1 is 1.40 bits per heavy atom. The standard InChI is InChI=1S/C18H22N2/c1-11(2)13-7-15-14-5-4-6-16-18(14)12(9-19-16)8-17(15)20(3)10-13/h4-6,9,13,15,17,19H,1,7-8,10H2,2-3H3/t13?,15?,17-/m1/s1. The van der Waals surface area contributed by atoms with Gasteiger partial charge in [-0.3, -0.25) is 0 Å². The molecule has 0 radical (unpaired) electrons. The van der Waals surface area contributed by atoms with Crippen LogP contribution in [-0.2, 0) is 6.42 Å². The maximum Gasteiger partial charge on any atom is 0.0459 e. The molecule has 0 amide bonds. The lowest BCUT2D eigenvalue weighted by molar-refractivity contribution is 0.126. The van der Waals surface area contributed by atoms with Crippen LogP contribution in [0.2, 0.25) is 0 Å². The summed E-state index contributed by atoms with van der Waals surface area (Å²) in [6.07, 6.45) is 4.65. The fourth-order valence-electron chi connectivity index (χ4n) is 4.30. The van der Waals surface area contributed by atoms with E-state index in [1.165, 1.54) is 34.9 Å². The molecule has 1 aromatic heterocycles. The molecule has 1 fully saturated rings. The van der Waals surface area contributed by atoms with Gasteiger partial charge in [-0.05, 0) is 49.9 Å². The number of aromatic nitrogens is 1. The molecule has 20 heavy (non-hydrogen) atoms. The summed E-state index contributed by atoms with van der Waals surface area (Å²) in [5, 5.41) is 1.49. The van der Waals surface area contributed by atoms with E-state index in [1.807, 2.05) is 0 Å². The SMILES string of the molecule is C=C(C)C1CC2c3cccc4[nH]cc(c34)C[C@H]2N(C)C1. The third-order valence-corrected chi connectivity index (χ3v) is 5.42. The Morgan fingerprint density at radius 2 is 2.25 bits per heavy atom. The van der Waals surface area contributed by atoms with Crippen molar-refractivity contribution in [2.75, 3.05) is 13.6 Å². The van der Waals surface area contributed by atoms with Gasteiger partial charge in [0.05, 0.1) is 0 Å². The van der Waals surface area contributed by atoms with Gasteiger partial charge in [-0.25, -0.2) is 0 Å². The summed E-state index contributed by atoms with van der Waals surface area (Å²) in [5.74, 6) is 1.29. The number of nitrogens with zero attached hydrogens (tertiary/aromatic N) is 1. The van der Waals surface area contributed by atoms with Crippen molar-refractivity contribution in [2.45, 2.75) is 31.7 Å². The van der Waals surface area contributed by atoms with E-state index in [1.54, 1.807) is 5.56 Å². The van der Waals surface area contributed by atoms with E-state index in [9.17, 15) is 0 Å². The predicted molar refractivity (Wildman–Crippen MR) is 84.1 cm³/mol. The van der Waals surface area contributed by atoms with Gasteiger partial charge in [-0.15, -0.1) is 0 Å². The number of piperidine rings is 1. The summed E-state index contributed by atoms with van der Waals surface area (Å²) < 4.78 is 0. The zero-order valence-electron chi connectivity index (χ0n) is 12.3. The lowest BCUT2D eigenvalue weighted by Crippen LogP contribution is -2.48. The van der Waals surface area contributed by atoms with Crippen molar-refractivity contribution in [1.82, 2.24) is 9.88 Å². The van der Waals surface area contributed by atoms with E-state index < -0.39 is 0 Å². The second-order valence-electron chi connectivity index (χ2n) is 6.68. The van der Waals surface area contributed by atoms with Crippen LogP contribution in [-0.4, -0.2) is 29.5 Å². The van der Waals surface area contributed by atoms with E-state index in [2.05, 4.69) is 54.8 Å². The smallest absolute Gasteiger partial charge is 0.0459 e. The number of rotatable bonds is 1. The van der Waals surface area contributed by atoms with Gasteiger partial charge in [0.1, 0.15) is 0 Å². The summed E-state index contributed by atoms with van der Waals surface area (Å²) in [6, 6.07) is 7.39. The first-order valence-electron chi connectivity index (χ1n) is 7.59. The van der Waals surface area contributed by atoms with Crippen molar-refractivity contribution in [1.29, 1.82) is 0 Å². The van der Waals surface area contributed by atoms with Gasteiger partial charge in [-0.1, -0.05) is 24.3 Å². The van der Waals surface area contributed by atoms with Crippen LogP contribution in [0.25, 0.3) is 10.9 Å². The van der Waals surface area contributed by atoms with E-state index in [-0.39, 0.29) is 0 Å².